The Labute approximate surface area is 311 Å². The van der Waals surface area contributed by atoms with Gasteiger partial charge in [-0.2, -0.15) is 11.8 Å². The Hall–Kier alpha value is -1.43. The largest absolute Gasteiger partial charge is 0.389 e. The number of nitrogens with zero attached hydrogens (tertiary/aromatic N) is 3. The third kappa shape index (κ3) is 14.3. The molecule has 2 saturated heterocycles. The minimum absolute atomic E-state index is 0.0104. The van der Waals surface area contributed by atoms with Crippen molar-refractivity contribution in [1.29, 1.82) is 0 Å². The van der Waals surface area contributed by atoms with Crippen LogP contribution in [0.2, 0.25) is 10.0 Å². The van der Waals surface area contributed by atoms with Gasteiger partial charge in [0.25, 0.3) is 5.91 Å². The molecule has 2 heterocycles. The molecule has 14 heteroatoms. The van der Waals surface area contributed by atoms with Gasteiger partial charge in [0, 0.05) is 68.8 Å². The first kappa shape index (κ1) is 42.0. The molecule has 9 nitrogen and oxygen atoms in total. The number of likely N-dealkylation sites (N-methyl/N-ethyl adjacent to an activating group) is 1. The average Bonchev–Trinajstić information content (AvgIpc) is 3.11. The fourth-order valence-corrected chi connectivity index (χ4v) is 10.8. The molecule has 2 aromatic carbocycles. The number of amides is 3. The van der Waals surface area contributed by atoms with E-state index in [2.05, 4.69) is 17.1 Å². The van der Waals surface area contributed by atoms with Crippen molar-refractivity contribution < 1.29 is 23.2 Å². The average molecular weight is 776 g/mol. The van der Waals surface area contributed by atoms with E-state index >= 15 is 0 Å². The van der Waals surface area contributed by atoms with Crippen molar-refractivity contribution in [2.24, 2.45) is 0 Å². The van der Waals surface area contributed by atoms with Crippen molar-refractivity contribution in [2.75, 3.05) is 76.8 Å². The molecule has 0 aliphatic carbocycles. The van der Waals surface area contributed by atoms with Gasteiger partial charge in [0.15, 0.2) is 0 Å². The fraction of sp³-hybridized carbons (Fsp3) is 0.600. The molecule has 49 heavy (non-hydrogen) atoms. The number of hydrogen-bond donors (Lipinski definition) is 1. The number of rotatable bonds is 17. The summed E-state index contributed by atoms with van der Waals surface area (Å²) in [6.07, 6.45) is 3.92. The van der Waals surface area contributed by atoms with Crippen molar-refractivity contribution in [3.05, 3.63) is 69.7 Å². The zero-order valence-corrected chi connectivity index (χ0v) is 33.3. The van der Waals surface area contributed by atoms with E-state index in [4.69, 9.17) is 32.2 Å². The zero-order chi connectivity index (χ0) is 35.6. The second kappa shape index (κ2) is 22.5. The maximum absolute atomic E-state index is 13.0. The highest BCUT2D eigenvalue weighted by Gasteiger charge is 2.30. The number of hydrogen-bond acceptors (Lipinski definition) is 8. The Morgan fingerprint density at radius 1 is 1.02 bits per heavy atom. The van der Waals surface area contributed by atoms with Gasteiger partial charge < -0.3 is 29.1 Å². The summed E-state index contributed by atoms with van der Waals surface area (Å²) in [5, 5.41) is 4.04. The Bertz CT molecular complexity index is 1330. The van der Waals surface area contributed by atoms with E-state index in [-0.39, 0.29) is 17.9 Å². The smallest absolute Gasteiger partial charge is 0.341 e. The molecule has 274 valence electrons. The molecule has 0 radical (unpaired) electrons. The topological polar surface area (TPSA) is 91.4 Å². The first-order chi connectivity index (χ1) is 23.6. The van der Waals surface area contributed by atoms with Crippen LogP contribution in [0, 0.1) is 0 Å². The van der Waals surface area contributed by atoms with Gasteiger partial charge in [-0.05, 0) is 93.0 Å². The number of thioether (sulfide) groups is 1. The number of benzene rings is 2. The molecule has 1 N–H and O–H groups in total. The van der Waals surface area contributed by atoms with Crippen LogP contribution in [-0.2, 0) is 13.6 Å². The molecule has 1 unspecified atom stereocenters. The van der Waals surface area contributed by atoms with Crippen molar-refractivity contribution in [2.45, 2.75) is 58.4 Å². The van der Waals surface area contributed by atoms with E-state index in [1.807, 2.05) is 86.1 Å². The summed E-state index contributed by atoms with van der Waals surface area (Å²) < 4.78 is 22.2. The van der Waals surface area contributed by atoms with E-state index in [1.54, 1.807) is 4.90 Å². The summed E-state index contributed by atoms with van der Waals surface area (Å²) in [4.78, 5) is 31.5. The molecule has 0 spiro atoms. The van der Waals surface area contributed by atoms with Gasteiger partial charge in [-0.3, -0.25) is 4.79 Å². The van der Waals surface area contributed by atoms with Gasteiger partial charge in [-0.1, -0.05) is 54.4 Å². The summed E-state index contributed by atoms with van der Waals surface area (Å²) in [5.41, 5.74) is 1.78. The zero-order valence-electron chi connectivity index (χ0n) is 29.3. The Balaban J connectivity index is 0.000000393. The summed E-state index contributed by atoms with van der Waals surface area (Å²) >= 11 is 15.6. The molecule has 0 saturated carbocycles. The molecule has 3 amide bonds. The van der Waals surface area contributed by atoms with Crippen molar-refractivity contribution >= 4 is 65.1 Å². The van der Waals surface area contributed by atoms with Crippen LogP contribution in [0.5, 0.6) is 0 Å². The van der Waals surface area contributed by atoms with Crippen LogP contribution in [0.1, 0.15) is 68.3 Å². The van der Waals surface area contributed by atoms with Crippen molar-refractivity contribution in [1.82, 2.24) is 20.0 Å². The van der Waals surface area contributed by atoms with Crippen LogP contribution >= 0.6 is 53.1 Å². The fourth-order valence-electron chi connectivity index (χ4n) is 5.91. The van der Waals surface area contributed by atoms with E-state index in [0.29, 0.717) is 41.4 Å². The molecule has 1 atom stereocenters. The maximum Gasteiger partial charge on any atom is 0.389 e. The molecule has 2 fully saturated rings. The number of carbonyl (C=O) groups is 2. The van der Waals surface area contributed by atoms with Crippen LogP contribution in [0.3, 0.4) is 0 Å². The number of nitrogens with one attached hydrogen (secondary N) is 1. The first-order valence-electron chi connectivity index (χ1n) is 17.2. The third-order valence-corrected chi connectivity index (χ3v) is 14.3. The molecule has 0 aromatic heterocycles. The lowest BCUT2D eigenvalue weighted by atomic mass is 9.93. The lowest BCUT2D eigenvalue weighted by molar-refractivity contribution is 0.0778. The quantitative estimate of drug-likeness (QED) is 0.126. The standard InChI is InChI=1S/C27H34Cl2N4O2.C8H19O3PS2/c1-31(26(34)20-6-3-2-4-7-20)19-22(21-8-9-24(28)25(29)18-21)10-15-32-16-11-23(12-17-32)33-14-5-13-30-27(33)35;1-4-10-12(9,11-5-2)14-8-7-13-6-3/h2-4,6-9,18,22-23H,5,10-17,19H2,1H3,(H,30,35);4-8H2,1-3H3. The Morgan fingerprint density at radius 3 is 2.33 bits per heavy atom. The van der Waals surface area contributed by atoms with Gasteiger partial charge in [0.2, 0.25) is 0 Å². The summed E-state index contributed by atoms with van der Waals surface area (Å²) in [6, 6.07) is 15.6. The molecule has 2 aromatic rings. The van der Waals surface area contributed by atoms with Crippen LogP contribution in [0.25, 0.3) is 0 Å². The molecule has 4 rings (SSSR count). The maximum atomic E-state index is 13.0. The number of piperidine rings is 1. The molecule has 0 bridgehead atoms. The predicted octanol–water partition coefficient (Wildman–Crippen LogP) is 8.77. The van der Waals surface area contributed by atoms with E-state index in [1.165, 1.54) is 11.4 Å². The minimum atomic E-state index is -2.86. The lowest BCUT2D eigenvalue weighted by Gasteiger charge is -2.40. The molecule has 2 aliphatic rings. The van der Waals surface area contributed by atoms with Gasteiger partial charge in [0.05, 0.1) is 23.3 Å². The second-order valence-electron chi connectivity index (χ2n) is 11.9. The SMILES string of the molecule is CCOP(=O)(OCC)SCCSCC.CN(CC(CCN1CCC(N2CCCNC2=O)CC1)c1ccc(Cl)c(Cl)c1)C(=O)c1ccccc1. The number of halogens is 2. The highest BCUT2D eigenvalue weighted by atomic mass is 35.5. The molecular weight excluding hydrogens is 722 g/mol. The monoisotopic (exact) mass is 774 g/mol. The van der Waals surface area contributed by atoms with Crippen LogP contribution in [0.15, 0.2) is 48.5 Å². The van der Waals surface area contributed by atoms with Gasteiger partial charge in [0.1, 0.15) is 0 Å². The molecular formula is C35H53Cl2N4O5PS2. The highest BCUT2D eigenvalue weighted by Crippen LogP contribution is 2.60. The van der Waals surface area contributed by atoms with E-state index in [9.17, 15) is 14.2 Å². The number of likely N-dealkylation sites (tertiary alicyclic amines) is 1. The second-order valence-corrected chi connectivity index (χ2v) is 18.3. The van der Waals surface area contributed by atoms with E-state index < -0.39 is 6.80 Å². The van der Waals surface area contributed by atoms with Crippen LogP contribution in [-0.4, -0.2) is 109 Å². The number of carbonyl (C=O) groups excluding carboxylic acids is 2. The van der Waals surface area contributed by atoms with Crippen molar-refractivity contribution in [3.63, 3.8) is 0 Å². The van der Waals surface area contributed by atoms with Gasteiger partial charge in [-0.25, -0.2) is 9.36 Å². The van der Waals surface area contributed by atoms with Gasteiger partial charge in [-0.15, -0.1) is 0 Å². The Kier molecular flexibility index (Phi) is 19.3. The Morgan fingerprint density at radius 2 is 1.71 bits per heavy atom. The normalized spacial score (nSPS) is 16.4. The first-order valence-corrected chi connectivity index (χ1v) is 22.3. The summed E-state index contributed by atoms with van der Waals surface area (Å²) in [5.74, 6) is 3.04. The van der Waals surface area contributed by atoms with Crippen LogP contribution < -0.4 is 5.32 Å². The summed E-state index contributed by atoms with van der Waals surface area (Å²) in [7, 11) is 1.86. The molecule has 2 aliphatic heterocycles. The summed E-state index contributed by atoms with van der Waals surface area (Å²) in [6.45, 7) is 8.89. The van der Waals surface area contributed by atoms with Crippen LogP contribution in [0.4, 0.5) is 4.79 Å². The lowest BCUT2D eigenvalue weighted by Crippen LogP contribution is -2.54. The third-order valence-electron chi connectivity index (χ3n) is 8.44. The van der Waals surface area contributed by atoms with Crippen molar-refractivity contribution in [3.8, 4) is 0 Å². The van der Waals surface area contributed by atoms with E-state index in [0.717, 1.165) is 81.2 Å². The van der Waals surface area contributed by atoms with Gasteiger partial charge >= 0.3 is 12.8 Å². The predicted molar refractivity (Wildman–Crippen MR) is 208 cm³/mol. The number of urea groups is 1. The minimum Gasteiger partial charge on any atom is -0.341 e. The highest BCUT2D eigenvalue weighted by molar-refractivity contribution is 8.55.